The minimum absolute atomic E-state index is 0.153. The molecule has 0 fully saturated rings. The maximum Gasteiger partial charge on any atom is 0.262 e. The molecule has 2 aromatic carbocycles. The number of aromatic nitrogens is 3. The number of amides is 1. The van der Waals surface area contributed by atoms with Crippen LogP contribution in [0.4, 0.5) is 5.69 Å². The summed E-state index contributed by atoms with van der Waals surface area (Å²) in [5.41, 5.74) is 1.93. The molecule has 1 amide bonds. The van der Waals surface area contributed by atoms with Gasteiger partial charge in [0.25, 0.3) is 5.56 Å². The number of carbonyl (C=O) groups excluding carboxylic acids is 1. The van der Waals surface area contributed by atoms with E-state index < -0.39 is 5.25 Å². The van der Waals surface area contributed by atoms with Crippen LogP contribution in [0.15, 0.2) is 83.0 Å². The lowest BCUT2D eigenvalue weighted by molar-refractivity contribution is -0.115. The van der Waals surface area contributed by atoms with Gasteiger partial charge in [0.15, 0.2) is 5.16 Å². The SMILES string of the molecule is CC(Sc1nc2ccccc2c(=O)n1Cc1cccnc1)C(=O)Nc1cccc(Cl)c1. The first-order valence-electron chi connectivity index (χ1n) is 9.63. The maximum absolute atomic E-state index is 13.2. The molecule has 0 saturated carbocycles. The van der Waals surface area contributed by atoms with E-state index in [1.54, 1.807) is 60.3 Å². The van der Waals surface area contributed by atoms with Gasteiger partial charge < -0.3 is 5.32 Å². The van der Waals surface area contributed by atoms with E-state index in [0.29, 0.717) is 33.3 Å². The highest BCUT2D eigenvalue weighted by atomic mass is 35.5. The van der Waals surface area contributed by atoms with Gasteiger partial charge in [0.2, 0.25) is 5.91 Å². The normalized spacial score (nSPS) is 11.9. The van der Waals surface area contributed by atoms with Crippen molar-refractivity contribution in [2.45, 2.75) is 23.9 Å². The summed E-state index contributed by atoms with van der Waals surface area (Å²) in [4.78, 5) is 34.8. The van der Waals surface area contributed by atoms with Gasteiger partial charge in [-0.3, -0.25) is 19.1 Å². The first-order chi connectivity index (χ1) is 15.0. The summed E-state index contributed by atoms with van der Waals surface area (Å²) in [6.07, 6.45) is 3.40. The highest BCUT2D eigenvalue weighted by molar-refractivity contribution is 8.00. The molecule has 0 bridgehead atoms. The highest BCUT2D eigenvalue weighted by Crippen LogP contribution is 2.25. The average Bonchev–Trinajstić information content (AvgIpc) is 2.77. The maximum atomic E-state index is 13.2. The molecular formula is C23H19ClN4O2S. The van der Waals surface area contributed by atoms with E-state index in [9.17, 15) is 9.59 Å². The zero-order chi connectivity index (χ0) is 21.8. The Balaban J connectivity index is 1.66. The molecule has 2 aromatic heterocycles. The third kappa shape index (κ3) is 4.95. The van der Waals surface area contributed by atoms with E-state index in [4.69, 9.17) is 11.6 Å². The number of halogens is 1. The van der Waals surface area contributed by atoms with Crippen LogP contribution in [0.25, 0.3) is 10.9 Å². The fraction of sp³-hybridized carbons (Fsp3) is 0.130. The van der Waals surface area contributed by atoms with E-state index >= 15 is 0 Å². The van der Waals surface area contributed by atoms with Gasteiger partial charge in [-0.15, -0.1) is 0 Å². The van der Waals surface area contributed by atoms with Crippen LogP contribution in [0.3, 0.4) is 0 Å². The summed E-state index contributed by atoms with van der Waals surface area (Å²) in [6.45, 7) is 2.09. The second kappa shape index (κ2) is 9.32. The van der Waals surface area contributed by atoms with Crippen molar-refractivity contribution < 1.29 is 4.79 Å². The van der Waals surface area contributed by atoms with Gasteiger partial charge >= 0.3 is 0 Å². The molecule has 0 aliphatic heterocycles. The van der Waals surface area contributed by atoms with Gasteiger partial charge in [-0.25, -0.2) is 4.98 Å². The number of pyridine rings is 1. The summed E-state index contributed by atoms with van der Waals surface area (Å²) < 4.78 is 1.59. The molecule has 1 N–H and O–H groups in total. The molecule has 2 heterocycles. The topological polar surface area (TPSA) is 76.9 Å². The predicted octanol–water partition coefficient (Wildman–Crippen LogP) is 4.61. The van der Waals surface area contributed by atoms with Crippen molar-refractivity contribution in [2.24, 2.45) is 0 Å². The standard InChI is InChI=1S/C23H19ClN4O2S/c1-15(21(29)26-18-8-4-7-17(24)12-18)31-23-27-20-10-3-2-9-19(20)22(30)28(23)14-16-6-5-11-25-13-16/h2-13,15H,14H2,1H3,(H,26,29). The van der Waals surface area contributed by atoms with Gasteiger partial charge in [0.05, 0.1) is 22.7 Å². The van der Waals surface area contributed by atoms with Crippen molar-refractivity contribution in [3.63, 3.8) is 0 Å². The monoisotopic (exact) mass is 450 g/mol. The van der Waals surface area contributed by atoms with E-state index in [-0.39, 0.29) is 11.5 Å². The number of nitrogens with zero attached hydrogens (tertiary/aromatic N) is 3. The molecule has 0 aliphatic carbocycles. The Morgan fingerprint density at radius 3 is 2.77 bits per heavy atom. The molecule has 4 aromatic rings. The molecule has 0 aliphatic rings. The summed E-state index contributed by atoms with van der Waals surface area (Å²) in [5.74, 6) is -0.206. The zero-order valence-corrected chi connectivity index (χ0v) is 18.2. The van der Waals surface area contributed by atoms with Gasteiger partial charge in [0.1, 0.15) is 0 Å². The van der Waals surface area contributed by atoms with Crippen molar-refractivity contribution >= 4 is 45.9 Å². The van der Waals surface area contributed by atoms with Crippen LogP contribution >= 0.6 is 23.4 Å². The van der Waals surface area contributed by atoms with Crippen LogP contribution in [-0.4, -0.2) is 25.7 Å². The smallest absolute Gasteiger partial charge is 0.262 e. The number of para-hydroxylation sites is 1. The van der Waals surface area contributed by atoms with Crippen molar-refractivity contribution in [1.29, 1.82) is 0 Å². The van der Waals surface area contributed by atoms with Crippen molar-refractivity contribution in [3.8, 4) is 0 Å². The lowest BCUT2D eigenvalue weighted by atomic mass is 10.2. The number of benzene rings is 2. The Morgan fingerprint density at radius 1 is 1.16 bits per heavy atom. The van der Waals surface area contributed by atoms with Gasteiger partial charge in [-0.1, -0.05) is 47.6 Å². The number of carbonyl (C=O) groups is 1. The molecule has 0 radical (unpaired) electrons. The van der Waals surface area contributed by atoms with Crippen molar-refractivity contribution in [3.05, 3.63) is 94.0 Å². The van der Waals surface area contributed by atoms with Crippen LogP contribution < -0.4 is 10.9 Å². The minimum atomic E-state index is -0.493. The summed E-state index contributed by atoms with van der Waals surface area (Å²) >= 11 is 7.24. The second-order valence-corrected chi connectivity index (χ2v) is 8.67. The first kappa shape index (κ1) is 21.1. The van der Waals surface area contributed by atoms with Crippen molar-refractivity contribution in [1.82, 2.24) is 14.5 Å². The van der Waals surface area contributed by atoms with E-state index in [1.807, 2.05) is 24.3 Å². The quantitative estimate of drug-likeness (QED) is 0.343. The van der Waals surface area contributed by atoms with Crippen LogP contribution in [0.5, 0.6) is 0 Å². The largest absolute Gasteiger partial charge is 0.325 e. The number of anilines is 1. The molecule has 4 rings (SSSR count). The Morgan fingerprint density at radius 2 is 2.00 bits per heavy atom. The first-order valence-corrected chi connectivity index (χ1v) is 10.9. The van der Waals surface area contributed by atoms with E-state index in [2.05, 4.69) is 15.3 Å². The van der Waals surface area contributed by atoms with E-state index in [0.717, 1.165) is 5.56 Å². The number of fused-ring (bicyclic) bond motifs is 1. The number of rotatable bonds is 6. The van der Waals surface area contributed by atoms with Gasteiger partial charge in [-0.2, -0.15) is 0 Å². The summed E-state index contributed by atoms with van der Waals surface area (Å²) in [6, 6.07) is 17.9. The summed E-state index contributed by atoms with van der Waals surface area (Å²) in [5, 5.41) is 3.91. The van der Waals surface area contributed by atoms with E-state index in [1.165, 1.54) is 11.8 Å². The predicted molar refractivity (Wildman–Crippen MR) is 125 cm³/mol. The Kier molecular flexibility index (Phi) is 6.34. The van der Waals surface area contributed by atoms with Gasteiger partial charge in [-0.05, 0) is 48.9 Å². The lowest BCUT2D eigenvalue weighted by Gasteiger charge is -2.16. The average molecular weight is 451 g/mol. The Hall–Kier alpha value is -3.16. The second-order valence-electron chi connectivity index (χ2n) is 6.92. The molecule has 1 atom stereocenters. The summed E-state index contributed by atoms with van der Waals surface area (Å²) in [7, 11) is 0. The van der Waals surface area contributed by atoms with Crippen LogP contribution in [0, 0.1) is 0 Å². The molecular weight excluding hydrogens is 432 g/mol. The zero-order valence-electron chi connectivity index (χ0n) is 16.7. The third-order valence-electron chi connectivity index (χ3n) is 4.63. The molecule has 156 valence electrons. The number of hydrogen-bond donors (Lipinski definition) is 1. The third-order valence-corrected chi connectivity index (χ3v) is 5.96. The van der Waals surface area contributed by atoms with Crippen LogP contribution in [-0.2, 0) is 11.3 Å². The number of thioether (sulfide) groups is 1. The van der Waals surface area contributed by atoms with Crippen molar-refractivity contribution in [2.75, 3.05) is 5.32 Å². The lowest BCUT2D eigenvalue weighted by Crippen LogP contribution is -2.27. The fourth-order valence-electron chi connectivity index (χ4n) is 3.07. The van der Waals surface area contributed by atoms with Crippen LogP contribution in [0.1, 0.15) is 12.5 Å². The molecule has 0 saturated heterocycles. The number of hydrogen-bond acceptors (Lipinski definition) is 5. The Labute approximate surface area is 188 Å². The Bertz CT molecular complexity index is 1290. The highest BCUT2D eigenvalue weighted by Gasteiger charge is 2.20. The molecule has 6 nitrogen and oxygen atoms in total. The number of nitrogens with one attached hydrogen (secondary N) is 1. The van der Waals surface area contributed by atoms with Crippen LogP contribution in [0.2, 0.25) is 5.02 Å². The molecule has 0 spiro atoms. The molecule has 31 heavy (non-hydrogen) atoms. The molecule has 8 heteroatoms. The molecule has 1 unspecified atom stereocenters. The fourth-order valence-corrected chi connectivity index (χ4v) is 4.17. The van der Waals surface area contributed by atoms with Gasteiger partial charge in [0, 0.05) is 23.1 Å². The minimum Gasteiger partial charge on any atom is -0.325 e.